The van der Waals surface area contributed by atoms with E-state index < -0.39 is 0 Å². The van der Waals surface area contributed by atoms with E-state index in [0.717, 1.165) is 13.0 Å². The zero-order valence-electron chi connectivity index (χ0n) is 10.6. The van der Waals surface area contributed by atoms with Crippen molar-refractivity contribution in [2.45, 2.75) is 45.4 Å². The summed E-state index contributed by atoms with van der Waals surface area (Å²) in [6, 6.07) is 6.81. The van der Waals surface area contributed by atoms with Crippen molar-refractivity contribution in [3.63, 3.8) is 0 Å². The zero-order valence-corrected chi connectivity index (χ0v) is 10.6. The van der Waals surface area contributed by atoms with Crippen LogP contribution >= 0.6 is 0 Å². The minimum absolute atomic E-state index is 0.142. The minimum atomic E-state index is 0.142. The Kier molecular flexibility index (Phi) is 4.18. The highest BCUT2D eigenvalue weighted by atomic mass is 16.1. The normalized spacial score (nSPS) is 14.2. The van der Waals surface area contributed by atoms with E-state index in [9.17, 15) is 4.79 Å². The Bertz CT molecular complexity index is 398. The van der Waals surface area contributed by atoms with Crippen LogP contribution in [0, 0.1) is 0 Å². The second-order valence-corrected chi connectivity index (χ2v) is 4.76. The maximum absolute atomic E-state index is 11.1. The molecule has 1 N–H and O–H groups in total. The molecule has 0 aliphatic heterocycles. The third kappa shape index (κ3) is 3.32. The molecule has 0 fully saturated rings. The summed E-state index contributed by atoms with van der Waals surface area (Å²) in [5.41, 5.74) is 4.40. The largest absolute Gasteiger partial charge is 0.356 e. The molecule has 0 spiro atoms. The summed E-state index contributed by atoms with van der Waals surface area (Å²) in [4.78, 5) is 11.1. The Labute approximate surface area is 103 Å². The molecule has 0 aromatic heterocycles. The van der Waals surface area contributed by atoms with Crippen molar-refractivity contribution in [3.8, 4) is 0 Å². The van der Waals surface area contributed by atoms with Gasteiger partial charge in [0.15, 0.2) is 0 Å². The average Bonchev–Trinajstić information content (AvgIpc) is 2.38. The van der Waals surface area contributed by atoms with Gasteiger partial charge in [-0.3, -0.25) is 4.79 Å². The standard InChI is InChI=1S/C15H21NO/c1-2-15(17)16-10-9-12-7-8-13-5-3-4-6-14(13)11-12/h7-8,11H,2-6,9-10H2,1H3,(H,16,17). The molecule has 1 amide bonds. The topological polar surface area (TPSA) is 29.1 Å². The third-order valence-corrected chi connectivity index (χ3v) is 3.47. The number of aryl methyl sites for hydroxylation is 2. The van der Waals surface area contributed by atoms with Crippen LogP contribution in [-0.4, -0.2) is 12.5 Å². The highest BCUT2D eigenvalue weighted by Gasteiger charge is 2.09. The van der Waals surface area contributed by atoms with E-state index >= 15 is 0 Å². The lowest BCUT2D eigenvalue weighted by Crippen LogP contribution is -2.24. The van der Waals surface area contributed by atoms with Crippen LogP contribution in [0.5, 0.6) is 0 Å². The summed E-state index contributed by atoms with van der Waals surface area (Å²) in [5, 5.41) is 2.92. The molecule has 1 aromatic rings. The molecular formula is C15H21NO. The number of hydrogen-bond donors (Lipinski definition) is 1. The van der Waals surface area contributed by atoms with Gasteiger partial charge >= 0.3 is 0 Å². The molecule has 0 atom stereocenters. The second-order valence-electron chi connectivity index (χ2n) is 4.76. The van der Waals surface area contributed by atoms with Crippen molar-refractivity contribution in [2.75, 3.05) is 6.54 Å². The fourth-order valence-electron chi connectivity index (χ4n) is 2.41. The van der Waals surface area contributed by atoms with Crippen molar-refractivity contribution in [1.82, 2.24) is 5.32 Å². The summed E-state index contributed by atoms with van der Waals surface area (Å²) < 4.78 is 0. The maximum Gasteiger partial charge on any atom is 0.219 e. The minimum Gasteiger partial charge on any atom is -0.356 e. The molecule has 0 saturated carbocycles. The highest BCUT2D eigenvalue weighted by Crippen LogP contribution is 2.22. The highest BCUT2D eigenvalue weighted by molar-refractivity contribution is 5.75. The van der Waals surface area contributed by atoms with Gasteiger partial charge in [0.2, 0.25) is 5.91 Å². The Morgan fingerprint density at radius 3 is 2.76 bits per heavy atom. The van der Waals surface area contributed by atoms with E-state index in [-0.39, 0.29) is 5.91 Å². The first kappa shape index (κ1) is 12.2. The predicted octanol–water partition coefficient (Wildman–Crippen LogP) is 2.63. The lowest BCUT2D eigenvalue weighted by Gasteiger charge is -2.16. The van der Waals surface area contributed by atoms with Crippen LogP contribution < -0.4 is 5.32 Å². The summed E-state index contributed by atoms with van der Waals surface area (Å²) >= 11 is 0. The number of amides is 1. The number of rotatable bonds is 4. The average molecular weight is 231 g/mol. The summed E-state index contributed by atoms with van der Waals surface area (Å²) in [6.45, 7) is 2.64. The predicted molar refractivity (Wildman–Crippen MR) is 70.1 cm³/mol. The SMILES string of the molecule is CCC(=O)NCCc1ccc2c(c1)CCCC2. The van der Waals surface area contributed by atoms with Crippen LogP contribution in [-0.2, 0) is 24.1 Å². The van der Waals surface area contributed by atoms with E-state index in [0.29, 0.717) is 6.42 Å². The van der Waals surface area contributed by atoms with Gasteiger partial charge in [0.05, 0.1) is 0 Å². The van der Waals surface area contributed by atoms with Crippen molar-refractivity contribution in [1.29, 1.82) is 0 Å². The van der Waals surface area contributed by atoms with Crippen molar-refractivity contribution >= 4 is 5.91 Å². The van der Waals surface area contributed by atoms with E-state index in [4.69, 9.17) is 0 Å². The van der Waals surface area contributed by atoms with Gasteiger partial charge in [0.1, 0.15) is 0 Å². The number of carbonyl (C=O) groups excluding carboxylic acids is 1. The summed E-state index contributed by atoms with van der Waals surface area (Å²) in [7, 11) is 0. The van der Waals surface area contributed by atoms with Crippen LogP contribution in [0.15, 0.2) is 18.2 Å². The lowest BCUT2D eigenvalue weighted by molar-refractivity contribution is -0.120. The van der Waals surface area contributed by atoms with Crippen molar-refractivity contribution in [2.24, 2.45) is 0 Å². The fourth-order valence-corrected chi connectivity index (χ4v) is 2.41. The van der Waals surface area contributed by atoms with Gasteiger partial charge < -0.3 is 5.32 Å². The molecule has 2 rings (SSSR count). The maximum atomic E-state index is 11.1. The molecular weight excluding hydrogens is 210 g/mol. The molecule has 1 aliphatic rings. The first-order valence-corrected chi connectivity index (χ1v) is 6.67. The molecule has 0 unspecified atom stereocenters. The number of benzene rings is 1. The molecule has 0 bridgehead atoms. The number of hydrogen-bond acceptors (Lipinski definition) is 1. The molecule has 1 aromatic carbocycles. The molecule has 92 valence electrons. The van der Waals surface area contributed by atoms with E-state index in [1.54, 1.807) is 0 Å². The van der Waals surface area contributed by atoms with Crippen molar-refractivity contribution in [3.05, 3.63) is 34.9 Å². The van der Waals surface area contributed by atoms with Crippen LogP contribution in [0.3, 0.4) is 0 Å². The summed E-state index contributed by atoms with van der Waals surface area (Å²) in [6.07, 6.45) is 6.64. The second kappa shape index (κ2) is 5.85. The quantitative estimate of drug-likeness (QED) is 0.848. The smallest absolute Gasteiger partial charge is 0.219 e. The van der Waals surface area contributed by atoms with Gasteiger partial charge in [0, 0.05) is 13.0 Å². The molecule has 0 heterocycles. The Morgan fingerprint density at radius 1 is 1.24 bits per heavy atom. The number of nitrogens with one attached hydrogen (secondary N) is 1. The Morgan fingerprint density at radius 2 is 2.00 bits per heavy atom. The molecule has 2 nitrogen and oxygen atoms in total. The van der Waals surface area contributed by atoms with Gasteiger partial charge in [0.25, 0.3) is 0 Å². The van der Waals surface area contributed by atoms with Crippen LogP contribution in [0.1, 0.15) is 42.9 Å². The van der Waals surface area contributed by atoms with Crippen LogP contribution in [0.25, 0.3) is 0 Å². The summed E-state index contributed by atoms with van der Waals surface area (Å²) in [5.74, 6) is 0.142. The first-order valence-electron chi connectivity index (χ1n) is 6.67. The molecule has 2 heteroatoms. The van der Waals surface area contributed by atoms with Crippen molar-refractivity contribution < 1.29 is 4.79 Å². The van der Waals surface area contributed by atoms with Gasteiger partial charge in [-0.1, -0.05) is 25.1 Å². The van der Waals surface area contributed by atoms with E-state index in [1.165, 1.54) is 42.4 Å². The van der Waals surface area contributed by atoms with Crippen LogP contribution in [0.4, 0.5) is 0 Å². The zero-order chi connectivity index (χ0) is 12.1. The molecule has 0 saturated heterocycles. The fraction of sp³-hybridized carbons (Fsp3) is 0.533. The van der Waals surface area contributed by atoms with Gasteiger partial charge in [-0.15, -0.1) is 0 Å². The van der Waals surface area contributed by atoms with Gasteiger partial charge in [-0.25, -0.2) is 0 Å². The molecule has 1 aliphatic carbocycles. The Hall–Kier alpha value is -1.31. The first-order chi connectivity index (χ1) is 8.29. The van der Waals surface area contributed by atoms with Gasteiger partial charge in [-0.2, -0.15) is 0 Å². The third-order valence-electron chi connectivity index (χ3n) is 3.47. The van der Waals surface area contributed by atoms with E-state index in [1.807, 2.05) is 6.92 Å². The number of carbonyl (C=O) groups is 1. The van der Waals surface area contributed by atoms with E-state index in [2.05, 4.69) is 23.5 Å². The Balaban J connectivity index is 1.91. The lowest BCUT2D eigenvalue weighted by atomic mass is 9.90. The molecule has 17 heavy (non-hydrogen) atoms. The van der Waals surface area contributed by atoms with Gasteiger partial charge in [-0.05, 0) is 48.8 Å². The molecule has 0 radical (unpaired) electrons. The number of fused-ring (bicyclic) bond motifs is 1. The monoisotopic (exact) mass is 231 g/mol. The van der Waals surface area contributed by atoms with Crippen LogP contribution in [0.2, 0.25) is 0 Å².